The summed E-state index contributed by atoms with van der Waals surface area (Å²) in [6.07, 6.45) is -4.32. The number of rotatable bonds is 3. The van der Waals surface area contributed by atoms with E-state index in [1.54, 1.807) is 24.5 Å². The number of alkyl halides is 3. The van der Waals surface area contributed by atoms with E-state index in [0.29, 0.717) is 31.9 Å². The molecule has 0 atom stereocenters. The monoisotopic (exact) mass is 393 g/mol. The molecule has 2 heterocycles. The van der Waals surface area contributed by atoms with Crippen molar-refractivity contribution in [1.29, 1.82) is 0 Å². The predicted octanol–water partition coefficient (Wildman–Crippen LogP) is 4.65. The van der Waals surface area contributed by atoms with Gasteiger partial charge in [0.2, 0.25) is 0 Å². The Morgan fingerprint density at radius 2 is 1.70 bits per heavy atom. The van der Waals surface area contributed by atoms with Gasteiger partial charge in [0, 0.05) is 31.9 Å². The van der Waals surface area contributed by atoms with Crippen LogP contribution in [0, 0.1) is 0 Å². The summed E-state index contributed by atoms with van der Waals surface area (Å²) in [5.74, 6) is 0.748. The minimum atomic E-state index is -4.32. The summed E-state index contributed by atoms with van der Waals surface area (Å²) in [4.78, 5) is 8.86. The van der Waals surface area contributed by atoms with E-state index >= 15 is 0 Å². The molecule has 4 rings (SSSR count). The maximum absolute atomic E-state index is 12.9. The van der Waals surface area contributed by atoms with E-state index in [2.05, 4.69) is 4.90 Å². The topological polar surface area (TPSA) is 28.6 Å². The number of aromatic nitrogens is 1. The van der Waals surface area contributed by atoms with E-state index in [1.165, 1.54) is 12.1 Å². The first-order valence-corrected chi connectivity index (χ1v) is 9.38. The SMILES string of the molecule is COc1cccc2sc(N3CCN(c4cccc(C(F)(F)F)c4)CC3)nc12. The molecule has 1 saturated heterocycles. The summed E-state index contributed by atoms with van der Waals surface area (Å²) in [5.41, 5.74) is 0.844. The summed E-state index contributed by atoms with van der Waals surface area (Å²) < 4.78 is 45.2. The summed E-state index contributed by atoms with van der Waals surface area (Å²) in [6, 6.07) is 11.4. The van der Waals surface area contributed by atoms with Crippen molar-refractivity contribution in [2.45, 2.75) is 6.18 Å². The van der Waals surface area contributed by atoms with Crippen LogP contribution in [-0.4, -0.2) is 38.3 Å². The zero-order valence-electron chi connectivity index (χ0n) is 14.7. The van der Waals surface area contributed by atoms with Crippen LogP contribution in [0.2, 0.25) is 0 Å². The maximum atomic E-state index is 12.9. The molecule has 0 N–H and O–H groups in total. The lowest BCUT2D eigenvalue weighted by Gasteiger charge is -2.36. The second kappa shape index (κ2) is 6.92. The Bertz CT molecular complexity index is 949. The van der Waals surface area contributed by atoms with E-state index in [-0.39, 0.29) is 0 Å². The molecule has 2 aromatic carbocycles. The number of hydrogen-bond acceptors (Lipinski definition) is 5. The molecule has 1 fully saturated rings. The lowest BCUT2D eigenvalue weighted by atomic mass is 10.1. The Morgan fingerprint density at radius 1 is 1.00 bits per heavy atom. The van der Waals surface area contributed by atoms with Gasteiger partial charge < -0.3 is 14.5 Å². The van der Waals surface area contributed by atoms with Crippen molar-refractivity contribution in [2.24, 2.45) is 0 Å². The Labute approximate surface area is 158 Å². The van der Waals surface area contributed by atoms with Crippen molar-refractivity contribution >= 4 is 32.4 Å². The van der Waals surface area contributed by atoms with Crippen LogP contribution >= 0.6 is 11.3 Å². The van der Waals surface area contributed by atoms with Crippen LogP contribution in [0.5, 0.6) is 5.75 Å². The number of thiazole rings is 1. The number of methoxy groups -OCH3 is 1. The van der Waals surface area contributed by atoms with Gasteiger partial charge in [0.1, 0.15) is 11.3 Å². The highest BCUT2D eigenvalue weighted by molar-refractivity contribution is 7.22. The zero-order chi connectivity index (χ0) is 19.0. The maximum Gasteiger partial charge on any atom is 0.416 e. The van der Waals surface area contributed by atoms with Crippen LogP contribution in [0.25, 0.3) is 10.2 Å². The number of fused-ring (bicyclic) bond motifs is 1. The first-order chi connectivity index (χ1) is 13.0. The normalized spacial score (nSPS) is 15.4. The standard InChI is InChI=1S/C19H18F3N3OS/c1-26-15-6-3-7-16-17(15)23-18(27-16)25-10-8-24(9-11-25)14-5-2-4-13(12-14)19(20,21)22/h2-7,12H,8-11H2,1H3. The quantitative estimate of drug-likeness (QED) is 0.648. The minimum absolute atomic E-state index is 0.607. The lowest BCUT2D eigenvalue weighted by Crippen LogP contribution is -2.46. The van der Waals surface area contributed by atoms with Gasteiger partial charge in [0.25, 0.3) is 0 Å². The average molecular weight is 393 g/mol. The van der Waals surface area contributed by atoms with Crippen LogP contribution in [0.15, 0.2) is 42.5 Å². The van der Waals surface area contributed by atoms with E-state index < -0.39 is 11.7 Å². The predicted molar refractivity (Wildman–Crippen MR) is 102 cm³/mol. The molecule has 0 saturated carbocycles. The number of hydrogen-bond donors (Lipinski definition) is 0. The molecular weight excluding hydrogens is 375 g/mol. The van der Waals surface area contributed by atoms with Crippen LogP contribution in [0.1, 0.15) is 5.56 Å². The fraction of sp³-hybridized carbons (Fsp3) is 0.316. The molecule has 8 heteroatoms. The fourth-order valence-corrected chi connectivity index (χ4v) is 4.28. The van der Waals surface area contributed by atoms with Gasteiger partial charge in [-0.05, 0) is 30.3 Å². The fourth-order valence-electron chi connectivity index (χ4n) is 3.25. The highest BCUT2D eigenvalue weighted by Crippen LogP contribution is 2.35. The molecule has 0 radical (unpaired) electrons. The molecule has 0 unspecified atom stereocenters. The molecule has 3 aromatic rings. The first-order valence-electron chi connectivity index (χ1n) is 8.56. The molecule has 0 amide bonds. The number of benzene rings is 2. The molecule has 0 bridgehead atoms. The molecular formula is C19H18F3N3OS. The van der Waals surface area contributed by atoms with E-state index in [1.807, 2.05) is 23.1 Å². The molecule has 0 spiro atoms. The smallest absolute Gasteiger partial charge is 0.416 e. The summed E-state index contributed by atoms with van der Waals surface area (Å²) in [7, 11) is 1.63. The highest BCUT2D eigenvalue weighted by atomic mass is 32.1. The van der Waals surface area contributed by atoms with E-state index in [9.17, 15) is 13.2 Å². The third kappa shape index (κ3) is 3.53. The minimum Gasteiger partial charge on any atom is -0.494 e. The Hall–Kier alpha value is -2.48. The molecule has 27 heavy (non-hydrogen) atoms. The van der Waals surface area contributed by atoms with E-state index in [4.69, 9.17) is 9.72 Å². The van der Waals surface area contributed by atoms with Crippen molar-refractivity contribution in [1.82, 2.24) is 4.98 Å². The van der Waals surface area contributed by atoms with Crippen molar-refractivity contribution in [3.05, 3.63) is 48.0 Å². The number of nitrogens with zero attached hydrogens (tertiary/aromatic N) is 3. The molecule has 142 valence electrons. The molecule has 1 aliphatic heterocycles. The van der Waals surface area contributed by atoms with Crippen molar-refractivity contribution in [3.8, 4) is 5.75 Å². The third-order valence-electron chi connectivity index (χ3n) is 4.68. The Morgan fingerprint density at radius 3 is 2.41 bits per heavy atom. The average Bonchev–Trinajstić information content (AvgIpc) is 3.12. The van der Waals surface area contributed by atoms with Crippen LogP contribution < -0.4 is 14.5 Å². The van der Waals surface area contributed by atoms with Gasteiger partial charge >= 0.3 is 6.18 Å². The number of piperazine rings is 1. The van der Waals surface area contributed by atoms with Gasteiger partial charge in [0.05, 0.1) is 17.4 Å². The van der Waals surface area contributed by atoms with Gasteiger partial charge in [-0.15, -0.1) is 0 Å². The Balaban J connectivity index is 1.50. The number of ether oxygens (including phenoxy) is 1. The van der Waals surface area contributed by atoms with Gasteiger partial charge in [0.15, 0.2) is 5.13 Å². The third-order valence-corrected chi connectivity index (χ3v) is 5.76. The summed E-state index contributed by atoms with van der Waals surface area (Å²) in [5, 5.41) is 0.915. The van der Waals surface area contributed by atoms with Gasteiger partial charge in [-0.25, -0.2) is 4.98 Å². The van der Waals surface area contributed by atoms with Crippen molar-refractivity contribution < 1.29 is 17.9 Å². The molecule has 1 aliphatic rings. The number of anilines is 2. The number of para-hydroxylation sites is 1. The van der Waals surface area contributed by atoms with Gasteiger partial charge in [-0.1, -0.05) is 23.5 Å². The largest absolute Gasteiger partial charge is 0.494 e. The van der Waals surface area contributed by atoms with Gasteiger partial charge in [-0.3, -0.25) is 0 Å². The zero-order valence-corrected chi connectivity index (χ0v) is 15.5. The first kappa shape index (κ1) is 17.9. The summed E-state index contributed by atoms with van der Waals surface area (Å²) in [6.45, 7) is 2.71. The van der Waals surface area contributed by atoms with E-state index in [0.717, 1.165) is 27.2 Å². The Kier molecular flexibility index (Phi) is 4.59. The van der Waals surface area contributed by atoms with Crippen molar-refractivity contribution in [2.75, 3.05) is 43.1 Å². The molecule has 0 aliphatic carbocycles. The van der Waals surface area contributed by atoms with Crippen molar-refractivity contribution in [3.63, 3.8) is 0 Å². The lowest BCUT2D eigenvalue weighted by molar-refractivity contribution is -0.137. The second-order valence-corrected chi connectivity index (χ2v) is 7.33. The highest BCUT2D eigenvalue weighted by Gasteiger charge is 2.31. The number of halogens is 3. The summed E-state index contributed by atoms with van der Waals surface area (Å²) >= 11 is 1.60. The van der Waals surface area contributed by atoms with Crippen LogP contribution in [-0.2, 0) is 6.18 Å². The molecule has 4 nitrogen and oxygen atoms in total. The van der Waals surface area contributed by atoms with Crippen LogP contribution in [0.4, 0.5) is 24.0 Å². The molecule has 1 aromatic heterocycles. The van der Waals surface area contributed by atoms with Gasteiger partial charge in [-0.2, -0.15) is 13.2 Å². The second-order valence-electron chi connectivity index (χ2n) is 6.33. The van der Waals surface area contributed by atoms with Crippen LogP contribution in [0.3, 0.4) is 0 Å².